The van der Waals surface area contributed by atoms with Gasteiger partial charge >= 0.3 is 0 Å². The highest BCUT2D eigenvalue weighted by atomic mass is 15.2. The Labute approximate surface area is 301 Å². The highest BCUT2D eigenvalue weighted by molar-refractivity contribution is 6.18. The van der Waals surface area contributed by atoms with Crippen molar-refractivity contribution in [2.45, 2.75) is 19.3 Å². The van der Waals surface area contributed by atoms with Gasteiger partial charge in [0.25, 0.3) is 0 Å². The standard InChI is InChI=1S/C48H34N4/c1-48(2)40-24-14-12-22-35(40)36-27-26-34(28-41(36)48)50-42-25-15-13-23-37(42)38-29-39-44(30-43(38)50)51(32-18-8-4-9-19-32)47-45(39)52(33-20-10-5-11-21-33)46(49-47)31-16-6-3-7-17-31/h3-30H,1-2H3. The Kier molecular flexibility index (Phi) is 5.98. The lowest BCUT2D eigenvalue weighted by Gasteiger charge is -2.22. The molecule has 0 N–H and O–H groups in total. The SMILES string of the molecule is CC1(C)c2ccccc2-c2ccc(-n3c4ccccc4c4cc5c6c(nc(-c7ccccc7)n6-c6ccccc6)n(-c6ccccc6)c5cc43)cc21. The van der Waals surface area contributed by atoms with Crippen molar-refractivity contribution in [1.82, 2.24) is 18.7 Å². The number of fused-ring (bicyclic) bond motifs is 9. The van der Waals surface area contributed by atoms with E-state index < -0.39 is 0 Å². The largest absolute Gasteiger partial charge is 0.309 e. The van der Waals surface area contributed by atoms with Crippen molar-refractivity contribution in [1.29, 1.82) is 0 Å². The van der Waals surface area contributed by atoms with Gasteiger partial charge in [-0.3, -0.25) is 9.13 Å². The van der Waals surface area contributed by atoms with Crippen LogP contribution < -0.4 is 0 Å². The molecule has 1 aliphatic carbocycles. The minimum absolute atomic E-state index is 0.0911. The summed E-state index contributed by atoms with van der Waals surface area (Å²) in [5.74, 6) is 0.924. The van der Waals surface area contributed by atoms with Gasteiger partial charge in [0.2, 0.25) is 0 Å². The van der Waals surface area contributed by atoms with E-state index in [9.17, 15) is 0 Å². The van der Waals surface area contributed by atoms with E-state index in [1.54, 1.807) is 0 Å². The fraction of sp³-hybridized carbons (Fsp3) is 0.0625. The van der Waals surface area contributed by atoms with Gasteiger partial charge in [0.1, 0.15) is 11.3 Å². The normalized spacial score (nSPS) is 13.3. The van der Waals surface area contributed by atoms with Crippen molar-refractivity contribution >= 4 is 43.9 Å². The minimum atomic E-state index is -0.0911. The van der Waals surface area contributed by atoms with E-state index in [1.807, 2.05) is 0 Å². The Balaban J connectivity index is 1.27. The smallest absolute Gasteiger partial charge is 0.165 e. The van der Waals surface area contributed by atoms with E-state index in [-0.39, 0.29) is 5.41 Å². The molecular weight excluding hydrogens is 633 g/mol. The van der Waals surface area contributed by atoms with Gasteiger partial charge in [0.15, 0.2) is 5.65 Å². The Morgan fingerprint density at radius 3 is 1.81 bits per heavy atom. The van der Waals surface area contributed by atoms with Crippen LogP contribution in [0, 0.1) is 0 Å². The van der Waals surface area contributed by atoms with Gasteiger partial charge in [-0.15, -0.1) is 0 Å². The lowest BCUT2D eigenvalue weighted by molar-refractivity contribution is 0.660. The lowest BCUT2D eigenvalue weighted by atomic mass is 9.82. The van der Waals surface area contributed by atoms with E-state index in [0.717, 1.165) is 39.4 Å². The highest BCUT2D eigenvalue weighted by Gasteiger charge is 2.35. The van der Waals surface area contributed by atoms with Gasteiger partial charge in [-0.2, -0.15) is 0 Å². The Bertz CT molecular complexity index is 3020. The number of benzene rings is 7. The molecule has 0 fully saturated rings. The molecule has 3 heterocycles. The number of para-hydroxylation sites is 3. The van der Waals surface area contributed by atoms with Crippen LogP contribution in [0.4, 0.5) is 0 Å². The maximum absolute atomic E-state index is 5.48. The van der Waals surface area contributed by atoms with E-state index in [1.165, 1.54) is 55.1 Å². The highest BCUT2D eigenvalue weighted by Crippen LogP contribution is 2.50. The average molecular weight is 667 g/mol. The second-order valence-electron chi connectivity index (χ2n) is 14.5. The molecular formula is C48H34N4. The van der Waals surface area contributed by atoms with Crippen molar-refractivity contribution in [3.05, 3.63) is 181 Å². The molecule has 3 aromatic heterocycles. The summed E-state index contributed by atoms with van der Waals surface area (Å²) in [6.45, 7) is 4.71. The van der Waals surface area contributed by atoms with E-state index in [4.69, 9.17) is 4.98 Å². The van der Waals surface area contributed by atoms with Crippen molar-refractivity contribution in [3.63, 3.8) is 0 Å². The molecule has 0 spiro atoms. The van der Waals surface area contributed by atoms with Crippen LogP contribution in [0.2, 0.25) is 0 Å². The first kappa shape index (κ1) is 29.1. The molecule has 0 saturated carbocycles. The van der Waals surface area contributed by atoms with Crippen LogP contribution in [0.1, 0.15) is 25.0 Å². The summed E-state index contributed by atoms with van der Waals surface area (Å²) in [5.41, 5.74) is 15.3. The molecule has 0 radical (unpaired) electrons. The van der Waals surface area contributed by atoms with E-state index in [2.05, 4.69) is 197 Å². The summed E-state index contributed by atoms with van der Waals surface area (Å²) in [6, 6.07) is 61.4. The first-order valence-corrected chi connectivity index (χ1v) is 18.0. The minimum Gasteiger partial charge on any atom is -0.309 e. The molecule has 7 aromatic carbocycles. The summed E-state index contributed by atoms with van der Waals surface area (Å²) >= 11 is 0. The Morgan fingerprint density at radius 2 is 1.04 bits per heavy atom. The summed E-state index contributed by atoms with van der Waals surface area (Å²) in [5, 5.41) is 3.62. The third-order valence-corrected chi connectivity index (χ3v) is 11.2. The van der Waals surface area contributed by atoms with Crippen LogP contribution in [0.5, 0.6) is 0 Å². The zero-order chi connectivity index (χ0) is 34.6. The van der Waals surface area contributed by atoms with Crippen LogP contribution in [-0.4, -0.2) is 18.7 Å². The van der Waals surface area contributed by atoms with Crippen molar-refractivity contribution < 1.29 is 0 Å². The molecule has 11 rings (SSSR count). The average Bonchev–Trinajstić information content (AvgIpc) is 3.89. The van der Waals surface area contributed by atoms with Gasteiger partial charge in [-0.05, 0) is 76.9 Å². The predicted molar refractivity (Wildman–Crippen MR) is 215 cm³/mol. The van der Waals surface area contributed by atoms with Gasteiger partial charge in [-0.1, -0.05) is 129 Å². The quantitative estimate of drug-likeness (QED) is 0.184. The molecule has 246 valence electrons. The summed E-state index contributed by atoms with van der Waals surface area (Å²) in [4.78, 5) is 5.48. The maximum atomic E-state index is 5.48. The number of hydrogen-bond acceptors (Lipinski definition) is 1. The van der Waals surface area contributed by atoms with Crippen LogP contribution in [0.25, 0.3) is 83.4 Å². The fourth-order valence-corrected chi connectivity index (χ4v) is 8.86. The third kappa shape index (κ3) is 3.95. The zero-order valence-electron chi connectivity index (χ0n) is 29.0. The van der Waals surface area contributed by atoms with Gasteiger partial charge < -0.3 is 4.57 Å². The first-order chi connectivity index (χ1) is 25.6. The Hall–Kier alpha value is -6.65. The number of hydrogen-bond donors (Lipinski definition) is 0. The number of imidazole rings is 1. The third-order valence-electron chi connectivity index (χ3n) is 11.2. The number of nitrogens with zero attached hydrogens (tertiary/aromatic N) is 4. The van der Waals surface area contributed by atoms with Gasteiger partial charge in [0.05, 0.1) is 16.6 Å². The lowest BCUT2D eigenvalue weighted by Crippen LogP contribution is -2.15. The van der Waals surface area contributed by atoms with Crippen LogP contribution >= 0.6 is 0 Å². The Morgan fingerprint density at radius 1 is 0.423 bits per heavy atom. The molecule has 10 aromatic rings. The monoisotopic (exact) mass is 666 g/mol. The molecule has 0 atom stereocenters. The topological polar surface area (TPSA) is 27.7 Å². The zero-order valence-corrected chi connectivity index (χ0v) is 29.0. The van der Waals surface area contributed by atoms with Crippen LogP contribution in [0.15, 0.2) is 170 Å². The second-order valence-corrected chi connectivity index (χ2v) is 14.5. The van der Waals surface area contributed by atoms with Crippen molar-refractivity contribution in [2.24, 2.45) is 0 Å². The molecule has 4 nitrogen and oxygen atoms in total. The predicted octanol–water partition coefficient (Wildman–Crippen LogP) is 12.0. The first-order valence-electron chi connectivity index (χ1n) is 18.0. The molecule has 0 amide bonds. The van der Waals surface area contributed by atoms with Crippen LogP contribution in [0.3, 0.4) is 0 Å². The fourth-order valence-electron chi connectivity index (χ4n) is 8.86. The van der Waals surface area contributed by atoms with Crippen molar-refractivity contribution in [3.8, 4) is 39.6 Å². The summed E-state index contributed by atoms with van der Waals surface area (Å²) in [7, 11) is 0. The van der Waals surface area contributed by atoms with Crippen molar-refractivity contribution in [2.75, 3.05) is 0 Å². The molecule has 0 saturated heterocycles. The summed E-state index contributed by atoms with van der Waals surface area (Å²) in [6.07, 6.45) is 0. The number of aromatic nitrogens is 4. The molecule has 1 aliphatic rings. The van der Waals surface area contributed by atoms with Gasteiger partial charge in [0, 0.05) is 44.2 Å². The number of rotatable bonds is 4. The molecule has 0 bridgehead atoms. The van der Waals surface area contributed by atoms with E-state index >= 15 is 0 Å². The molecule has 52 heavy (non-hydrogen) atoms. The van der Waals surface area contributed by atoms with Gasteiger partial charge in [-0.25, -0.2) is 4.98 Å². The second kappa shape index (κ2) is 10.7. The molecule has 0 unspecified atom stereocenters. The summed E-state index contributed by atoms with van der Waals surface area (Å²) < 4.78 is 7.16. The van der Waals surface area contributed by atoms with Crippen LogP contribution in [-0.2, 0) is 5.41 Å². The maximum Gasteiger partial charge on any atom is 0.165 e. The molecule has 4 heteroatoms. The van der Waals surface area contributed by atoms with E-state index in [0.29, 0.717) is 0 Å². The molecule has 0 aliphatic heterocycles.